The Balaban J connectivity index is 2.28. The third kappa shape index (κ3) is 3.32. The van der Waals surface area contributed by atoms with Crippen molar-refractivity contribution in [3.63, 3.8) is 0 Å². The molecule has 1 aromatic heterocycles. The van der Waals surface area contributed by atoms with Gasteiger partial charge in [-0.1, -0.05) is 36.5 Å². The first-order valence-corrected chi connectivity index (χ1v) is 8.46. The van der Waals surface area contributed by atoms with Gasteiger partial charge in [0.25, 0.3) is 0 Å². The lowest BCUT2D eigenvalue weighted by Crippen LogP contribution is -2.52. The third-order valence-corrected chi connectivity index (χ3v) is 4.87. The second kappa shape index (κ2) is 7.09. The number of rotatable bonds is 2. The Labute approximate surface area is 159 Å². The van der Waals surface area contributed by atoms with Crippen molar-refractivity contribution in [2.75, 3.05) is 0 Å². The standard InChI is InChI=1S/C18H12F3N3S2/c19-18(20,21)13-7-3-2-6-11(13)14-12(10-22)16(25)23-17(26)15(14)24-8-4-1-5-9-24/h1-9,14-15H,(H-,23,25,26)/p+1. The third-order valence-electron chi connectivity index (χ3n) is 4.17. The summed E-state index contributed by atoms with van der Waals surface area (Å²) in [6.07, 6.45) is -1.13. The van der Waals surface area contributed by atoms with E-state index in [1.165, 1.54) is 18.2 Å². The number of pyridine rings is 1. The molecule has 3 rings (SSSR count). The molecule has 0 bridgehead atoms. The Morgan fingerprint density at radius 3 is 2.38 bits per heavy atom. The molecule has 1 aromatic carbocycles. The van der Waals surface area contributed by atoms with Crippen LogP contribution in [0.5, 0.6) is 0 Å². The van der Waals surface area contributed by atoms with Gasteiger partial charge in [-0.2, -0.15) is 23.0 Å². The molecule has 0 saturated heterocycles. The molecule has 8 heteroatoms. The van der Waals surface area contributed by atoms with Crippen LogP contribution in [-0.4, -0.2) is 4.99 Å². The molecule has 2 unspecified atom stereocenters. The van der Waals surface area contributed by atoms with Crippen LogP contribution in [0.2, 0.25) is 0 Å². The van der Waals surface area contributed by atoms with Crippen molar-refractivity contribution < 1.29 is 17.7 Å². The van der Waals surface area contributed by atoms with Crippen LogP contribution in [-0.2, 0) is 6.18 Å². The lowest BCUT2D eigenvalue weighted by atomic mass is 9.81. The molecular weight excluding hydrogens is 379 g/mol. The second-order valence-corrected chi connectivity index (χ2v) is 6.58. The number of nitrogens with zero attached hydrogens (tertiary/aromatic N) is 2. The first-order valence-electron chi connectivity index (χ1n) is 7.60. The number of hydrogen-bond acceptors (Lipinski definition) is 3. The molecule has 132 valence electrons. The molecule has 0 radical (unpaired) electrons. The van der Waals surface area contributed by atoms with E-state index in [2.05, 4.69) is 17.9 Å². The maximum atomic E-state index is 13.6. The van der Waals surface area contributed by atoms with Gasteiger partial charge >= 0.3 is 6.18 Å². The van der Waals surface area contributed by atoms with Gasteiger partial charge in [-0.05, 0) is 11.6 Å². The second-order valence-electron chi connectivity index (χ2n) is 5.69. The van der Waals surface area contributed by atoms with Crippen molar-refractivity contribution in [3.8, 4) is 6.07 Å². The number of aromatic nitrogens is 1. The summed E-state index contributed by atoms with van der Waals surface area (Å²) in [5.41, 5.74) is -0.682. The normalized spacial score (nSPS) is 20.5. The average molecular weight is 392 g/mol. The predicted octanol–water partition coefficient (Wildman–Crippen LogP) is 3.91. The Kier molecular flexibility index (Phi) is 5.03. The highest BCUT2D eigenvalue weighted by Gasteiger charge is 2.46. The van der Waals surface area contributed by atoms with Crippen LogP contribution in [0.4, 0.5) is 13.2 Å². The van der Waals surface area contributed by atoms with E-state index in [4.69, 9.17) is 12.2 Å². The quantitative estimate of drug-likeness (QED) is 0.462. The van der Waals surface area contributed by atoms with Crippen LogP contribution < -0.4 is 9.88 Å². The van der Waals surface area contributed by atoms with Crippen LogP contribution in [0.1, 0.15) is 23.1 Å². The number of benzene rings is 1. The van der Waals surface area contributed by atoms with Gasteiger partial charge in [0.1, 0.15) is 0 Å². The van der Waals surface area contributed by atoms with Gasteiger partial charge in [0.05, 0.1) is 28.2 Å². The molecule has 2 aromatic rings. The first-order chi connectivity index (χ1) is 12.3. The number of thiol groups is 1. The number of halogens is 3. The lowest BCUT2D eigenvalue weighted by Gasteiger charge is -2.31. The van der Waals surface area contributed by atoms with E-state index in [0.717, 1.165) is 6.07 Å². The molecule has 1 aliphatic heterocycles. The molecule has 2 heterocycles. The molecule has 1 N–H and O–H groups in total. The van der Waals surface area contributed by atoms with Crippen molar-refractivity contribution in [2.24, 2.45) is 0 Å². The van der Waals surface area contributed by atoms with Gasteiger partial charge in [-0.3, -0.25) is 0 Å². The Morgan fingerprint density at radius 1 is 1.12 bits per heavy atom. The number of hydrogen-bond donors (Lipinski definition) is 2. The maximum Gasteiger partial charge on any atom is 0.416 e. The fourth-order valence-corrected chi connectivity index (χ4v) is 3.84. The fourth-order valence-electron chi connectivity index (χ4n) is 3.09. The molecule has 3 nitrogen and oxygen atoms in total. The summed E-state index contributed by atoms with van der Waals surface area (Å²) in [6.45, 7) is 0. The Morgan fingerprint density at radius 2 is 1.77 bits per heavy atom. The summed E-state index contributed by atoms with van der Waals surface area (Å²) in [5.74, 6) is -0.911. The van der Waals surface area contributed by atoms with Crippen LogP contribution >= 0.6 is 24.8 Å². The van der Waals surface area contributed by atoms with E-state index in [1.807, 2.05) is 6.07 Å². The van der Waals surface area contributed by atoms with Crippen LogP contribution in [0.25, 0.3) is 0 Å². The fraction of sp³-hybridized carbons (Fsp3) is 0.167. The zero-order chi connectivity index (χ0) is 18.9. The summed E-state index contributed by atoms with van der Waals surface area (Å²) in [6, 6.07) is 11.9. The SMILES string of the molecule is N#CC1=C(S)NC(=S)C([n+]2ccccc2)C1c1ccccc1C(F)(F)F. The highest BCUT2D eigenvalue weighted by Crippen LogP contribution is 2.43. The summed E-state index contributed by atoms with van der Waals surface area (Å²) in [7, 11) is 0. The van der Waals surface area contributed by atoms with E-state index in [0.29, 0.717) is 4.99 Å². The number of nitriles is 1. The monoisotopic (exact) mass is 392 g/mol. The van der Waals surface area contributed by atoms with Crippen molar-refractivity contribution in [1.29, 1.82) is 5.26 Å². The van der Waals surface area contributed by atoms with Crippen LogP contribution in [0, 0.1) is 11.3 Å². The molecule has 0 fully saturated rings. The first kappa shape index (κ1) is 18.4. The molecule has 0 aliphatic carbocycles. The molecule has 2 atom stereocenters. The largest absolute Gasteiger partial charge is 0.416 e. The summed E-state index contributed by atoms with van der Waals surface area (Å²) in [4.78, 5) is 0.298. The molecule has 0 amide bonds. The van der Waals surface area contributed by atoms with Gasteiger partial charge in [0, 0.05) is 12.1 Å². The maximum absolute atomic E-state index is 13.6. The van der Waals surface area contributed by atoms with E-state index in [1.54, 1.807) is 35.2 Å². The summed E-state index contributed by atoms with van der Waals surface area (Å²) in [5, 5.41) is 12.6. The van der Waals surface area contributed by atoms with E-state index < -0.39 is 23.7 Å². The van der Waals surface area contributed by atoms with E-state index >= 15 is 0 Å². The summed E-state index contributed by atoms with van der Waals surface area (Å²) >= 11 is 9.63. The lowest BCUT2D eigenvalue weighted by molar-refractivity contribution is -0.708. The van der Waals surface area contributed by atoms with E-state index in [9.17, 15) is 18.4 Å². The Bertz CT molecular complexity index is 917. The minimum Gasteiger partial charge on any atom is -0.339 e. The topological polar surface area (TPSA) is 39.7 Å². The Hall–Kier alpha value is -2.37. The molecular formula is C18H13F3N3S2+. The smallest absolute Gasteiger partial charge is 0.339 e. The van der Waals surface area contributed by atoms with Crippen molar-refractivity contribution in [2.45, 2.75) is 18.1 Å². The van der Waals surface area contributed by atoms with Gasteiger partial charge in [-0.25, -0.2) is 0 Å². The molecule has 0 saturated carbocycles. The van der Waals surface area contributed by atoms with Crippen molar-refractivity contribution in [3.05, 3.63) is 76.6 Å². The van der Waals surface area contributed by atoms with Gasteiger partial charge in [0.2, 0.25) is 6.04 Å². The number of nitrogens with one attached hydrogen (secondary N) is 1. The zero-order valence-corrected chi connectivity index (χ0v) is 14.9. The number of thiocarbonyl (C=S) groups is 1. The zero-order valence-electron chi connectivity index (χ0n) is 13.2. The van der Waals surface area contributed by atoms with Crippen LogP contribution in [0.3, 0.4) is 0 Å². The number of alkyl halides is 3. The van der Waals surface area contributed by atoms with Crippen molar-refractivity contribution >= 4 is 29.8 Å². The van der Waals surface area contributed by atoms with E-state index in [-0.39, 0.29) is 16.2 Å². The average Bonchev–Trinajstić information content (AvgIpc) is 2.61. The molecule has 26 heavy (non-hydrogen) atoms. The number of allylic oxidation sites excluding steroid dienone is 1. The molecule has 0 spiro atoms. The predicted molar refractivity (Wildman–Crippen MR) is 97.2 cm³/mol. The molecule has 1 aliphatic rings. The minimum absolute atomic E-state index is 0.00620. The van der Waals surface area contributed by atoms with Crippen molar-refractivity contribution in [1.82, 2.24) is 5.32 Å². The highest BCUT2D eigenvalue weighted by molar-refractivity contribution is 7.85. The minimum atomic E-state index is -4.55. The van der Waals surface area contributed by atoms with Gasteiger partial charge in [0.15, 0.2) is 17.4 Å². The summed E-state index contributed by atoms with van der Waals surface area (Å²) < 4.78 is 42.5. The van der Waals surface area contributed by atoms with Gasteiger partial charge in [-0.15, -0.1) is 12.6 Å². The highest BCUT2D eigenvalue weighted by atomic mass is 32.1. The van der Waals surface area contributed by atoms with Gasteiger partial charge < -0.3 is 5.32 Å². The van der Waals surface area contributed by atoms with Crippen LogP contribution in [0.15, 0.2) is 65.5 Å².